The molecule has 0 saturated heterocycles. The van der Waals surface area contributed by atoms with E-state index in [2.05, 4.69) is 24.0 Å². The van der Waals surface area contributed by atoms with E-state index >= 15 is 0 Å². The van der Waals surface area contributed by atoms with E-state index in [1.165, 1.54) is 0 Å². The molecule has 0 spiro atoms. The number of para-hydroxylation sites is 1. The first-order valence-corrected chi connectivity index (χ1v) is 9.72. The number of pyridine rings is 1. The van der Waals surface area contributed by atoms with E-state index in [4.69, 9.17) is 23.9 Å². The first-order valence-electron chi connectivity index (χ1n) is 9.72. The molecule has 0 atom stereocenters. The van der Waals surface area contributed by atoms with Crippen molar-refractivity contribution in [2.75, 3.05) is 39.4 Å². The molecule has 1 aromatic heterocycles. The molecule has 29 heavy (non-hydrogen) atoms. The van der Waals surface area contributed by atoms with Gasteiger partial charge < -0.3 is 23.8 Å². The Kier molecular flexibility index (Phi) is 5.34. The summed E-state index contributed by atoms with van der Waals surface area (Å²) in [5.41, 5.74) is 3.00. The van der Waals surface area contributed by atoms with Crippen LogP contribution in [0.1, 0.15) is 17.5 Å². The van der Waals surface area contributed by atoms with Crippen LogP contribution in [0.4, 0.5) is 5.82 Å². The van der Waals surface area contributed by atoms with E-state index in [0.29, 0.717) is 13.2 Å². The number of anilines is 1. The SMILES string of the molecule is COc1cccc2c1OCCCN(c1cc(C)c3c(OC)ccc(OC)c3n1)C2. The highest BCUT2D eigenvalue weighted by molar-refractivity contribution is 5.94. The van der Waals surface area contributed by atoms with Crippen LogP contribution in [0.2, 0.25) is 0 Å². The Hall–Kier alpha value is -3.15. The first kappa shape index (κ1) is 19.2. The van der Waals surface area contributed by atoms with Crippen molar-refractivity contribution in [3.8, 4) is 23.0 Å². The Morgan fingerprint density at radius 3 is 2.48 bits per heavy atom. The minimum Gasteiger partial charge on any atom is -0.496 e. The van der Waals surface area contributed by atoms with Crippen LogP contribution in [0.15, 0.2) is 36.4 Å². The number of benzene rings is 2. The molecule has 0 amide bonds. The average Bonchev–Trinajstić information content (AvgIpc) is 2.72. The monoisotopic (exact) mass is 394 g/mol. The van der Waals surface area contributed by atoms with Gasteiger partial charge in [0.1, 0.15) is 22.8 Å². The van der Waals surface area contributed by atoms with Crippen LogP contribution in [0.5, 0.6) is 23.0 Å². The van der Waals surface area contributed by atoms with Gasteiger partial charge in [-0.3, -0.25) is 0 Å². The van der Waals surface area contributed by atoms with E-state index in [-0.39, 0.29) is 0 Å². The van der Waals surface area contributed by atoms with Gasteiger partial charge in [-0.2, -0.15) is 0 Å². The van der Waals surface area contributed by atoms with Crippen LogP contribution in [0, 0.1) is 6.92 Å². The Balaban J connectivity index is 1.81. The number of fused-ring (bicyclic) bond motifs is 2. The van der Waals surface area contributed by atoms with Crippen molar-refractivity contribution in [3.05, 3.63) is 47.5 Å². The zero-order valence-corrected chi connectivity index (χ0v) is 17.3. The van der Waals surface area contributed by atoms with Gasteiger partial charge in [-0.1, -0.05) is 12.1 Å². The molecule has 3 aromatic rings. The molecule has 4 rings (SSSR count). The van der Waals surface area contributed by atoms with Crippen LogP contribution < -0.4 is 23.8 Å². The maximum absolute atomic E-state index is 5.99. The molecule has 152 valence electrons. The number of ether oxygens (including phenoxy) is 4. The third-order valence-electron chi connectivity index (χ3n) is 5.29. The molecule has 0 saturated carbocycles. The van der Waals surface area contributed by atoms with Crippen molar-refractivity contribution in [2.24, 2.45) is 0 Å². The first-order chi connectivity index (χ1) is 14.2. The summed E-state index contributed by atoms with van der Waals surface area (Å²) in [6.07, 6.45) is 0.894. The Labute approximate surface area is 171 Å². The minimum atomic E-state index is 0.633. The Bertz CT molecular complexity index is 1040. The van der Waals surface area contributed by atoms with Crippen LogP contribution in [0.3, 0.4) is 0 Å². The van der Waals surface area contributed by atoms with Crippen molar-refractivity contribution >= 4 is 16.7 Å². The molecule has 0 N–H and O–H groups in total. The largest absolute Gasteiger partial charge is 0.496 e. The average molecular weight is 394 g/mol. The molecule has 6 nitrogen and oxygen atoms in total. The molecule has 2 heterocycles. The van der Waals surface area contributed by atoms with Crippen molar-refractivity contribution in [2.45, 2.75) is 19.9 Å². The second-order valence-electron chi connectivity index (χ2n) is 7.06. The molecule has 0 fully saturated rings. The molecule has 6 heteroatoms. The molecule has 0 bridgehead atoms. The van der Waals surface area contributed by atoms with Gasteiger partial charge in [0.25, 0.3) is 0 Å². The summed E-state index contributed by atoms with van der Waals surface area (Å²) in [5.74, 6) is 4.03. The molecular formula is C23H26N2O4. The molecule has 0 radical (unpaired) electrons. The van der Waals surface area contributed by atoms with E-state index in [1.807, 2.05) is 24.3 Å². The van der Waals surface area contributed by atoms with Gasteiger partial charge in [0, 0.05) is 24.0 Å². The number of nitrogens with zero attached hydrogens (tertiary/aromatic N) is 2. The summed E-state index contributed by atoms with van der Waals surface area (Å²) in [5, 5.41) is 0.980. The Morgan fingerprint density at radius 1 is 0.966 bits per heavy atom. The van der Waals surface area contributed by atoms with Crippen LogP contribution in [0.25, 0.3) is 10.9 Å². The van der Waals surface area contributed by atoms with Crippen molar-refractivity contribution < 1.29 is 18.9 Å². The van der Waals surface area contributed by atoms with Gasteiger partial charge in [-0.05, 0) is 43.2 Å². The second-order valence-corrected chi connectivity index (χ2v) is 7.06. The van der Waals surface area contributed by atoms with Crippen molar-refractivity contribution in [1.82, 2.24) is 4.98 Å². The van der Waals surface area contributed by atoms with Gasteiger partial charge >= 0.3 is 0 Å². The smallest absolute Gasteiger partial charge is 0.166 e. The summed E-state index contributed by atoms with van der Waals surface area (Å²) in [7, 11) is 5.02. The normalized spacial score (nSPS) is 13.9. The number of methoxy groups -OCH3 is 3. The van der Waals surface area contributed by atoms with E-state index in [0.717, 1.165) is 63.8 Å². The summed E-state index contributed by atoms with van der Waals surface area (Å²) in [4.78, 5) is 7.26. The number of hydrogen-bond donors (Lipinski definition) is 0. The highest BCUT2D eigenvalue weighted by Gasteiger charge is 2.20. The lowest BCUT2D eigenvalue weighted by molar-refractivity contribution is 0.281. The van der Waals surface area contributed by atoms with Crippen molar-refractivity contribution in [3.63, 3.8) is 0 Å². The van der Waals surface area contributed by atoms with Gasteiger partial charge in [-0.15, -0.1) is 0 Å². The highest BCUT2D eigenvalue weighted by Crippen LogP contribution is 2.38. The van der Waals surface area contributed by atoms with Gasteiger partial charge in [0.15, 0.2) is 11.5 Å². The summed E-state index contributed by atoms with van der Waals surface area (Å²) >= 11 is 0. The Morgan fingerprint density at radius 2 is 1.72 bits per heavy atom. The molecule has 1 aliphatic heterocycles. The lowest BCUT2D eigenvalue weighted by atomic mass is 10.1. The highest BCUT2D eigenvalue weighted by atomic mass is 16.5. The number of aryl methyl sites for hydroxylation is 1. The number of rotatable bonds is 4. The third-order valence-corrected chi connectivity index (χ3v) is 5.29. The lowest BCUT2D eigenvalue weighted by Crippen LogP contribution is -2.28. The van der Waals surface area contributed by atoms with Crippen LogP contribution in [-0.4, -0.2) is 39.5 Å². The van der Waals surface area contributed by atoms with E-state index < -0.39 is 0 Å². The maximum Gasteiger partial charge on any atom is 0.166 e. The minimum absolute atomic E-state index is 0.633. The van der Waals surface area contributed by atoms with E-state index in [9.17, 15) is 0 Å². The summed E-state index contributed by atoms with van der Waals surface area (Å²) < 4.78 is 22.6. The van der Waals surface area contributed by atoms with Crippen molar-refractivity contribution in [1.29, 1.82) is 0 Å². The van der Waals surface area contributed by atoms with Crippen LogP contribution in [-0.2, 0) is 6.54 Å². The molecule has 2 aromatic carbocycles. The van der Waals surface area contributed by atoms with Gasteiger partial charge in [-0.25, -0.2) is 4.98 Å². The summed E-state index contributed by atoms with van der Waals surface area (Å²) in [6.45, 7) is 4.25. The van der Waals surface area contributed by atoms with E-state index in [1.54, 1.807) is 21.3 Å². The lowest BCUT2D eigenvalue weighted by Gasteiger charge is -2.29. The third kappa shape index (κ3) is 3.50. The van der Waals surface area contributed by atoms with Gasteiger partial charge in [0.05, 0.1) is 27.9 Å². The summed E-state index contributed by atoms with van der Waals surface area (Å²) in [6, 6.07) is 11.9. The van der Waals surface area contributed by atoms with Gasteiger partial charge in [0.2, 0.25) is 0 Å². The molecule has 1 aliphatic rings. The zero-order valence-electron chi connectivity index (χ0n) is 17.3. The fourth-order valence-electron chi connectivity index (χ4n) is 3.88. The topological polar surface area (TPSA) is 53.1 Å². The zero-order chi connectivity index (χ0) is 20.4. The predicted octanol–water partition coefficient (Wildman–Crippen LogP) is 4.36. The quantitative estimate of drug-likeness (QED) is 0.655. The second kappa shape index (κ2) is 8.07. The number of aromatic nitrogens is 1. The van der Waals surface area contributed by atoms with Crippen LogP contribution >= 0.6 is 0 Å². The fourth-order valence-corrected chi connectivity index (χ4v) is 3.88. The number of hydrogen-bond acceptors (Lipinski definition) is 6. The molecule has 0 unspecified atom stereocenters. The fraction of sp³-hybridized carbons (Fsp3) is 0.348. The molecular weight excluding hydrogens is 368 g/mol. The maximum atomic E-state index is 5.99. The predicted molar refractivity (Wildman–Crippen MR) is 114 cm³/mol. The standard InChI is InChI=1S/C23H26N2O4/c1-15-13-20(24-22-18(27-3)10-9-17(26-2)21(15)22)25-11-6-12-29-23-16(14-25)7-5-8-19(23)28-4/h5,7-10,13H,6,11-12,14H2,1-4H3. The molecule has 0 aliphatic carbocycles.